The summed E-state index contributed by atoms with van der Waals surface area (Å²) in [5.41, 5.74) is 3.51. The third kappa shape index (κ3) is 7.16. The van der Waals surface area contributed by atoms with E-state index in [0.29, 0.717) is 50.2 Å². The van der Waals surface area contributed by atoms with E-state index in [1.54, 1.807) is 9.80 Å². The van der Waals surface area contributed by atoms with Crippen molar-refractivity contribution in [3.8, 4) is 0 Å². The zero-order valence-corrected chi connectivity index (χ0v) is 33.1. The monoisotopic (exact) mass is 750 g/mol. The van der Waals surface area contributed by atoms with Crippen LogP contribution >= 0.6 is 0 Å². The molecule has 0 unspecified atom stereocenters. The number of nitrogens with one attached hydrogen (secondary N) is 2. The van der Waals surface area contributed by atoms with E-state index in [2.05, 4.69) is 10.6 Å². The van der Waals surface area contributed by atoms with Gasteiger partial charge in [0, 0.05) is 37.0 Å². The molecule has 2 fully saturated rings. The van der Waals surface area contributed by atoms with Crippen LogP contribution in [0.25, 0.3) is 0 Å². The van der Waals surface area contributed by atoms with E-state index < -0.39 is 22.2 Å². The maximum absolute atomic E-state index is 13.7. The fourth-order valence-electron chi connectivity index (χ4n) is 8.13. The van der Waals surface area contributed by atoms with Crippen LogP contribution in [0.2, 0.25) is 0 Å². The Bertz CT molecular complexity index is 2080. The lowest BCUT2D eigenvalue weighted by atomic mass is 9.84. The first-order valence-electron chi connectivity index (χ1n) is 19.3. The first-order chi connectivity index (χ1) is 26.6. The summed E-state index contributed by atoms with van der Waals surface area (Å²) < 4.78 is 0. The van der Waals surface area contributed by atoms with E-state index >= 15 is 0 Å². The summed E-state index contributed by atoms with van der Waals surface area (Å²) in [6, 6.07) is 35.1. The van der Waals surface area contributed by atoms with Crippen molar-refractivity contribution in [1.29, 1.82) is 0 Å². The standard InChI is InChI=1S/2C23H25N3O2/c2*1-22(2,3)25-21(28)23-14-13-19(27)26(23)15-17-11-7-8-12-18(17)24-20(23)16-9-5-4-6-10-16/h2*4-12H,13-15H2,1-3H3,(H,25,28)/t2*23-/m11/s1. The van der Waals surface area contributed by atoms with Crippen molar-refractivity contribution in [2.45, 2.75) is 102 Å². The molecule has 4 amide bonds. The molecule has 0 spiro atoms. The van der Waals surface area contributed by atoms with Gasteiger partial charge in [-0.2, -0.15) is 0 Å². The third-order valence-electron chi connectivity index (χ3n) is 10.6. The topological polar surface area (TPSA) is 124 Å². The van der Waals surface area contributed by atoms with Crippen LogP contribution in [-0.2, 0) is 32.3 Å². The number of hydrogen-bond donors (Lipinski definition) is 2. The number of carbonyl (C=O) groups excluding carboxylic acids is 4. The maximum atomic E-state index is 13.7. The summed E-state index contributed by atoms with van der Waals surface area (Å²) in [7, 11) is 0. The summed E-state index contributed by atoms with van der Waals surface area (Å²) >= 11 is 0. The van der Waals surface area contributed by atoms with Gasteiger partial charge >= 0.3 is 0 Å². The summed E-state index contributed by atoms with van der Waals surface area (Å²) in [6.07, 6.45) is 1.53. The van der Waals surface area contributed by atoms with Crippen LogP contribution in [-0.4, -0.2) is 67.0 Å². The summed E-state index contributed by atoms with van der Waals surface area (Å²) in [5, 5.41) is 6.22. The fraction of sp³-hybridized carbons (Fsp3) is 0.348. The van der Waals surface area contributed by atoms with Crippen LogP contribution in [0, 0.1) is 0 Å². The zero-order chi connectivity index (χ0) is 39.9. The van der Waals surface area contributed by atoms with Crippen molar-refractivity contribution in [2.24, 2.45) is 9.98 Å². The zero-order valence-electron chi connectivity index (χ0n) is 33.1. The Balaban J connectivity index is 0.000000172. The quantitative estimate of drug-likeness (QED) is 0.229. The molecule has 56 heavy (non-hydrogen) atoms. The van der Waals surface area contributed by atoms with Crippen LogP contribution in [0.15, 0.2) is 119 Å². The highest BCUT2D eigenvalue weighted by atomic mass is 16.2. The highest BCUT2D eigenvalue weighted by molar-refractivity contribution is 6.25. The van der Waals surface area contributed by atoms with Crippen LogP contribution in [0.5, 0.6) is 0 Å². The molecule has 4 aromatic rings. The predicted octanol–water partition coefficient (Wildman–Crippen LogP) is 7.19. The highest BCUT2D eigenvalue weighted by Gasteiger charge is 2.58. The molecule has 10 heteroatoms. The number of aliphatic imine (C=N–C) groups is 2. The van der Waals surface area contributed by atoms with Gasteiger partial charge in [-0.3, -0.25) is 19.2 Å². The minimum absolute atomic E-state index is 0.00982. The lowest BCUT2D eigenvalue weighted by Gasteiger charge is -2.39. The molecule has 4 heterocycles. The molecule has 0 aromatic heterocycles. The fourth-order valence-corrected chi connectivity index (χ4v) is 8.13. The third-order valence-corrected chi connectivity index (χ3v) is 10.6. The molecular weight excluding hydrogens is 701 g/mol. The smallest absolute Gasteiger partial charge is 0.252 e. The van der Waals surface area contributed by atoms with E-state index in [0.717, 1.165) is 33.6 Å². The minimum atomic E-state index is -1.11. The number of hydrogen-bond acceptors (Lipinski definition) is 6. The van der Waals surface area contributed by atoms with Gasteiger partial charge in [0.15, 0.2) is 11.1 Å². The van der Waals surface area contributed by atoms with Gasteiger partial charge in [-0.15, -0.1) is 0 Å². The Kier molecular flexibility index (Phi) is 10.0. The van der Waals surface area contributed by atoms with Gasteiger partial charge in [0.25, 0.3) is 11.8 Å². The van der Waals surface area contributed by atoms with Crippen molar-refractivity contribution in [1.82, 2.24) is 20.4 Å². The van der Waals surface area contributed by atoms with Crippen molar-refractivity contribution >= 4 is 46.4 Å². The Labute approximate surface area is 329 Å². The van der Waals surface area contributed by atoms with E-state index in [-0.39, 0.29) is 23.6 Å². The highest BCUT2D eigenvalue weighted by Crippen LogP contribution is 2.43. The SMILES string of the molecule is CC(C)(C)NC(=O)[C@]12CCC(=O)N1Cc1ccccc1N=C2c1ccccc1.CC(C)(C)NC(=O)[C@]12CCC(=O)N1Cc1ccccc1N=C2c1ccccc1. The van der Waals surface area contributed by atoms with E-state index in [9.17, 15) is 19.2 Å². The first kappa shape index (κ1) is 38.4. The van der Waals surface area contributed by atoms with Crippen molar-refractivity contribution in [2.75, 3.05) is 0 Å². The maximum Gasteiger partial charge on any atom is 0.252 e. The Morgan fingerprint density at radius 1 is 0.536 bits per heavy atom. The van der Waals surface area contributed by atoms with Crippen molar-refractivity contribution in [3.05, 3.63) is 131 Å². The minimum Gasteiger partial charge on any atom is -0.349 e. The van der Waals surface area contributed by atoms with E-state index in [1.807, 2.05) is 151 Å². The normalized spacial score (nSPS) is 21.5. The number of fused-ring (bicyclic) bond motifs is 4. The lowest BCUT2D eigenvalue weighted by molar-refractivity contribution is -0.139. The Morgan fingerprint density at radius 3 is 1.23 bits per heavy atom. The van der Waals surface area contributed by atoms with Gasteiger partial charge < -0.3 is 20.4 Å². The number of para-hydroxylation sites is 2. The number of rotatable bonds is 4. The molecule has 0 saturated carbocycles. The Hall–Kier alpha value is -5.90. The predicted molar refractivity (Wildman–Crippen MR) is 219 cm³/mol. The number of amides is 4. The molecule has 2 atom stereocenters. The van der Waals surface area contributed by atoms with Crippen molar-refractivity contribution < 1.29 is 19.2 Å². The molecule has 0 aliphatic carbocycles. The van der Waals surface area contributed by atoms with Crippen molar-refractivity contribution in [3.63, 3.8) is 0 Å². The summed E-state index contributed by atoms with van der Waals surface area (Å²) in [4.78, 5) is 66.6. The molecule has 0 radical (unpaired) electrons. The molecular formula is C46H50N6O4. The molecule has 4 aromatic carbocycles. The average molecular weight is 751 g/mol. The number of carbonyl (C=O) groups is 4. The van der Waals surface area contributed by atoms with Gasteiger partial charge in [-0.1, -0.05) is 97.1 Å². The molecule has 4 aliphatic heterocycles. The molecule has 8 rings (SSSR count). The molecule has 2 saturated heterocycles. The van der Waals surface area contributed by atoms with Gasteiger partial charge in [0.2, 0.25) is 11.8 Å². The molecule has 0 bridgehead atoms. The number of benzene rings is 4. The van der Waals surface area contributed by atoms with Crippen LogP contribution in [0.3, 0.4) is 0 Å². The van der Waals surface area contributed by atoms with Gasteiger partial charge in [0.1, 0.15) is 0 Å². The first-order valence-corrected chi connectivity index (χ1v) is 19.3. The van der Waals surface area contributed by atoms with Gasteiger partial charge in [-0.25, -0.2) is 9.98 Å². The molecule has 288 valence electrons. The van der Waals surface area contributed by atoms with E-state index in [1.165, 1.54) is 0 Å². The van der Waals surface area contributed by atoms with E-state index in [4.69, 9.17) is 9.98 Å². The van der Waals surface area contributed by atoms with Gasteiger partial charge in [0.05, 0.1) is 22.8 Å². The molecule has 2 N–H and O–H groups in total. The van der Waals surface area contributed by atoms with Gasteiger partial charge in [-0.05, 0) is 88.8 Å². The lowest BCUT2D eigenvalue weighted by Crippen LogP contribution is -2.63. The summed E-state index contributed by atoms with van der Waals surface area (Å²) in [5.74, 6) is -0.351. The second-order valence-corrected chi connectivity index (χ2v) is 17.0. The molecule has 10 nitrogen and oxygen atoms in total. The second kappa shape index (κ2) is 14.6. The summed E-state index contributed by atoms with van der Waals surface area (Å²) in [6.45, 7) is 12.5. The van der Waals surface area contributed by atoms with Crippen LogP contribution in [0.4, 0.5) is 11.4 Å². The average Bonchev–Trinajstić information content (AvgIpc) is 3.54. The Morgan fingerprint density at radius 2 is 0.875 bits per heavy atom. The molecule has 4 aliphatic rings. The van der Waals surface area contributed by atoms with Crippen LogP contribution < -0.4 is 10.6 Å². The number of nitrogens with zero attached hydrogens (tertiary/aromatic N) is 4. The van der Waals surface area contributed by atoms with Crippen LogP contribution in [0.1, 0.15) is 89.5 Å². The largest absolute Gasteiger partial charge is 0.349 e. The second-order valence-electron chi connectivity index (χ2n) is 17.0.